The zero-order valence-electron chi connectivity index (χ0n) is 18.5. The second-order valence-corrected chi connectivity index (χ2v) is 8.68. The van der Waals surface area contributed by atoms with Gasteiger partial charge in [0.05, 0.1) is 0 Å². The van der Waals surface area contributed by atoms with Crippen LogP contribution in [0.2, 0.25) is 0 Å². The fourth-order valence-corrected chi connectivity index (χ4v) is 4.31. The maximum absolute atomic E-state index is 12.6. The van der Waals surface area contributed by atoms with E-state index in [0.29, 0.717) is 19.3 Å². The van der Waals surface area contributed by atoms with Crippen LogP contribution in [0, 0.1) is 6.92 Å². The van der Waals surface area contributed by atoms with Crippen LogP contribution in [-0.4, -0.2) is 47.4 Å². The van der Waals surface area contributed by atoms with Crippen molar-refractivity contribution < 1.29 is 23.9 Å². The minimum atomic E-state index is -0.736. The average Bonchev–Trinajstić information content (AvgIpc) is 3.28. The Morgan fingerprint density at radius 2 is 1.94 bits per heavy atom. The van der Waals surface area contributed by atoms with Gasteiger partial charge in [-0.15, -0.1) is 0 Å². The van der Waals surface area contributed by atoms with Gasteiger partial charge < -0.3 is 15.4 Å². The molecule has 4 amide bonds. The van der Waals surface area contributed by atoms with Gasteiger partial charge in [0.15, 0.2) is 6.61 Å². The molecular weight excluding hydrogens is 398 g/mol. The van der Waals surface area contributed by atoms with E-state index in [-0.39, 0.29) is 37.4 Å². The average molecular weight is 430 g/mol. The summed E-state index contributed by atoms with van der Waals surface area (Å²) in [6.45, 7) is 5.79. The van der Waals surface area contributed by atoms with Crippen LogP contribution in [-0.2, 0) is 19.1 Å². The van der Waals surface area contributed by atoms with E-state index in [0.717, 1.165) is 29.7 Å². The number of nitrogens with one attached hydrogen (secondary N) is 2. The maximum Gasteiger partial charge on any atom is 0.325 e. The number of hydrogen-bond acceptors (Lipinski definition) is 5. The van der Waals surface area contributed by atoms with Gasteiger partial charge >= 0.3 is 12.0 Å². The summed E-state index contributed by atoms with van der Waals surface area (Å²) in [5.41, 5.74) is 1.98. The lowest BCUT2D eigenvalue weighted by atomic mass is 9.98. The van der Waals surface area contributed by atoms with Crippen molar-refractivity contribution in [3.8, 4) is 0 Å². The first-order valence-electron chi connectivity index (χ1n) is 10.9. The summed E-state index contributed by atoms with van der Waals surface area (Å²) in [5, 5.41) is 5.65. The summed E-state index contributed by atoms with van der Waals surface area (Å²) in [4.78, 5) is 50.2. The van der Waals surface area contributed by atoms with Gasteiger partial charge in [0.25, 0.3) is 11.8 Å². The van der Waals surface area contributed by atoms with Crippen molar-refractivity contribution in [3.63, 3.8) is 0 Å². The fraction of sp³-hybridized carbons (Fsp3) is 0.565. The molecule has 168 valence electrons. The molecule has 2 aliphatic rings. The molecule has 0 radical (unpaired) electrons. The molecule has 1 saturated heterocycles. The number of anilines is 1. The number of amides is 4. The Labute approximate surface area is 182 Å². The van der Waals surface area contributed by atoms with Gasteiger partial charge in [0.2, 0.25) is 0 Å². The largest absolute Gasteiger partial charge is 0.456 e. The van der Waals surface area contributed by atoms with E-state index < -0.39 is 17.4 Å². The minimum absolute atomic E-state index is 0.0267. The molecule has 1 saturated carbocycles. The summed E-state index contributed by atoms with van der Waals surface area (Å²) in [7, 11) is 0. The summed E-state index contributed by atoms with van der Waals surface area (Å²) in [6, 6.07) is 5.43. The molecule has 1 aliphatic carbocycles. The van der Waals surface area contributed by atoms with Crippen molar-refractivity contribution in [2.24, 2.45) is 0 Å². The molecule has 2 fully saturated rings. The third-order valence-electron chi connectivity index (χ3n) is 6.02. The smallest absolute Gasteiger partial charge is 0.325 e. The molecule has 1 aromatic rings. The number of imide groups is 1. The molecule has 0 aromatic heterocycles. The Bertz CT molecular complexity index is 874. The van der Waals surface area contributed by atoms with E-state index >= 15 is 0 Å². The molecular formula is C23H31N3O5. The second kappa shape index (κ2) is 9.49. The molecule has 0 unspecified atom stereocenters. The van der Waals surface area contributed by atoms with Crippen molar-refractivity contribution in [1.82, 2.24) is 10.2 Å². The molecule has 0 atom stereocenters. The third kappa shape index (κ3) is 5.06. The molecule has 8 nitrogen and oxygen atoms in total. The first-order chi connectivity index (χ1) is 14.7. The number of nitrogens with zero attached hydrogens (tertiary/aromatic N) is 1. The van der Waals surface area contributed by atoms with Gasteiger partial charge in [-0.05, 0) is 43.2 Å². The molecule has 2 N–H and O–H groups in total. The molecule has 1 aromatic carbocycles. The van der Waals surface area contributed by atoms with Gasteiger partial charge in [-0.25, -0.2) is 4.79 Å². The predicted octanol–water partition coefficient (Wildman–Crippen LogP) is 3.24. The van der Waals surface area contributed by atoms with Crippen LogP contribution in [0.5, 0.6) is 0 Å². The lowest BCUT2D eigenvalue weighted by Gasteiger charge is -2.19. The number of aryl methyl sites for hydroxylation is 1. The standard InChI is InChI=1S/C23H31N3O5/c1-15(2)17-9-6-8-16(3)20(17)24-18(27)14-31-19(28)10-7-13-26-21(29)23(25-22(26)30)11-4-5-12-23/h6,8-9,15H,4-5,7,10-14H2,1-3H3,(H,24,27)(H,25,30). The number of carbonyl (C=O) groups is 4. The lowest BCUT2D eigenvalue weighted by Crippen LogP contribution is -2.44. The Balaban J connectivity index is 1.42. The van der Waals surface area contributed by atoms with Crippen LogP contribution < -0.4 is 10.6 Å². The van der Waals surface area contributed by atoms with E-state index in [1.54, 1.807) is 0 Å². The Morgan fingerprint density at radius 1 is 1.23 bits per heavy atom. The number of urea groups is 1. The van der Waals surface area contributed by atoms with Crippen LogP contribution in [0.1, 0.15) is 69.4 Å². The van der Waals surface area contributed by atoms with Gasteiger partial charge in [0, 0.05) is 18.7 Å². The van der Waals surface area contributed by atoms with E-state index in [4.69, 9.17) is 4.74 Å². The van der Waals surface area contributed by atoms with Crippen LogP contribution in [0.3, 0.4) is 0 Å². The Kier molecular flexibility index (Phi) is 6.97. The number of hydrogen-bond donors (Lipinski definition) is 2. The van der Waals surface area contributed by atoms with E-state index in [2.05, 4.69) is 10.6 Å². The summed E-state index contributed by atoms with van der Waals surface area (Å²) < 4.78 is 5.07. The minimum Gasteiger partial charge on any atom is -0.456 e. The zero-order valence-corrected chi connectivity index (χ0v) is 18.5. The molecule has 0 bridgehead atoms. The van der Waals surface area contributed by atoms with Crippen molar-refractivity contribution in [2.45, 2.75) is 70.8 Å². The summed E-state index contributed by atoms with van der Waals surface area (Å²) >= 11 is 0. The van der Waals surface area contributed by atoms with Gasteiger partial charge in [0.1, 0.15) is 5.54 Å². The SMILES string of the molecule is Cc1cccc(C(C)C)c1NC(=O)COC(=O)CCCN1C(=O)NC2(CCCC2)C1=O. The van der Waals surface area contributed by atoms with E-state index in [1.165, 1.54) is 4.90 Å². The first kappa shape index (κ1) is 22.8. The maximum atomic E-state index is 12.6. The molecule has 1 heterocycles. The van der Waals surface area contributed by atoms with Crippen molar-refractivity contribution in [3.05, 3.63) is 29.3 Å². The zero-order chi connectivity index (χ0) is 22.6. The van der Waals surface area contributed by atoms with Crippen molar-refractivity contribution in [1.29, 1.82) is 0 Å². The lowest BCUT2D eigenvalue weighted by molar-refractivity contribution is -0.147. The first-order valence-corrected chi connectivity index (χ1v) is 10.9. The number of ether oxygens (including phenoxy) is 1. The van der Waals surface area contributed by atoms with Crippen molar-refractivity contribution in [2.75, 3.05) is 18.5 Å². The molecule has 8 heteroatoms. The highest BCUT2D eigenvalue weighted by Gasteiger charge is 2.52. The van der Waals surface area contributed by atoms with Gasteiger partial charge in [-0.3, -0.25) is 19.3 Å². The number of para-hydroxylation sites is 1. The Hall–Kier alpha value is -2.90. The number of rotatable bonds is 8. The van der Waals surface area contributed by atoms with Gasteiger partial charge in [-0.2, -0.15) is 0 Å². The summed E-state index contributed by atoms with van der Waals surface area (Å²) in [6.07, 6.45) is 3.52. The summed E-state index contributed by atoms with van der Waals surface area (Å²) in [5.74, 6) is -0.887. The number of carbonyl (C=O) groups excluding carboxylic acids is 4. The van der Waals surface area contributed by atoms with E-state index in [9.17, 15) is 19.2 Å². The van der Waals surface area contributed by atoms with Gasteiger partial charge in [-0.1, -0.05) is 44.9 Å². The Morgan fingerprint density at radius 3 is 2.61 bits per heavy atom. The molecule has 31 heavy (non-hydrogen) atoms. The molecule has 1 aliphatic heterocycles. The van der Waals surface area contributed by atoms with Crippen LogP contribution in [0.25, 0.3) is 0 Å². The highest BCUT2D eigenvalue weighted by Crippen LogP contribution is 2.35. The van der Waals surface area contributed by atoms with Crippen LogP contribution in [0.15, 0.2) is 18.2 Å². The van der Waals surface area contributed by atoms with E-state index in [1.807, 2.05) is 39.0 Å². The third-order valence-corrected chi connectivity index (χ3v) is 6.02. The second-order valence-electron chi connectivity index (χ2n) is 8.68. The number of esters is 1. The number of benzene rings is 1. The highest BCUT2D eigenvalue weighted by molar-refractivity contribution is 6.07. The van der Waals surface area contributed by atoms with Crippen LogP contribution in [0.4, 0.5) is 10.5 Å². The topological polar surface area (TPSA) is 105 Å². The molecule has 1 spiro atoms. The molecule has 3 rings (SSSR count). The van der Waals surface area contributed by atoms with Crippen LogP contribution >= 0.6 is 0 Å². The quantitative estimate of drug-likeness (QED) is 0.488. The fourth-order valence-electron chi connectivity index (χ4n) is 4.31. The normalized spacial score (nSPS) is 17.4. The highest BCUT2D eigenvalue weighted by atomic mass is 16.5. The van der Waals surface area contributed by atoms with Crippen molar-refractivity contribution >= 4 is 29.5 Å². The monoisotopic (exact) mass is 429 g/mol. The predicted molar refractivity (Wildman–Crippen MR) is 116 cm³/mol.